The SMILES string of the molecule is CCC(O)C(C)Nc1cncc(Cl)n1. The third-order valence-electron chi connectivity index (χ3n) is 1.98. The summed E-state index contributed by atoms with van der Waals surface area (Å²) < 4.78 is 0. The largest absolute Gasteiger partial charge is 0.391 e. The summed E-state index contributed by atoms with van der Waals surface area (Å²) in [5, 5.41) is 12.9. The molecular weight excluding hydrogens is 202 g/mol. The normalized spacial score (nSPS) is 14.9. The summed E-state index contributed by atoms with van der Waals surface area (Å²) in [6.07, 6.45) is 3.34. The molecule has 1 aromatic heterocycles. The van der Waals surface area contributed by atoms with E-state index in [1.807, 2.05) is 13.8 Å². The van der Waals surface area contributed by atoms with E-state index in [4.69, 9.17) is 11.6 Å². The summed E-state index contributed by atoms with van der Waals surface area (Å²) in [6.45, 7) is 3.81. The molecule has 2 unspecified atom stereocenters. The molecular formula is C9H14ClN3O. The molecule has 2 atom stereocenters. The van der Waals surface area contributed by atoms with Gasteiger partial charge >= 0.3 is 0 Å². The maximum atomic E-state index is 9.51. The van der Waals surface area contributed by atoms with Gasteiger partial charge < -0.3 is 10.4 Å². The molecule has 14 heavy (non-hydrogen) atoms. The van der Waals surface area contributed by atoms with E-state index in [9.17, 15) is 5.11 Å². The van der Waals surface area contributed by atoms with Crippen molar-refractivity contribution in [3.63, 3.8) is 0 Å². The van der Waals surface area contributed by atoms with Crippen LogP contribution >= 0.6 is 11.6 Å². The Bertz CT molecular complexity index is 295. The van der Waals surface area contributed by atoms with Gasteiger partial charge in [-0.1, -0.05) is 18.5 Å². The molecule has 0 aromatic carbocycles. The van der Waals surface area contributed by atoms with Gasteiger partial charge in [-0.3, -0.25) is 4.98 Å². The third-order valence-corrected chi connectivity index (χ3v) is 2.16. The van der Waals surface area contributed by atoms with E-state index in [1.54, 1.807) is 6.20 Å². The average Bonchev–Trinajstić information content (AvgIpc) is 2.16. The minimum absolute atomic E-state index is 0.0623. The highest BCUT2D eigenvalue weighted by Gasteiger charge is 2.11. The fraction of sp³-hybridized carbons (Fsp3) is 0.556. The quantitative estimate of drug-likeness (QED) is 0.803. The van der Waals surface area contributed by atoms with Crippen LogP contribution in [0.3, 0.4) is 0 Å². The fourth-order valence-corrected chi connectivity index (χ4v) is 1.24. The molecule has 0 saturated heterocycles. The van der Waals surface area contributed by atoms with Gasteiger partial charge in [0.05, 0.1) is 24.5 Å². The van der Waals surface area contributed by atoms with Crippen LogP contribution in [0.4, 0.5) is 5.82 Å². The number of aliphatic hydroxyl groups is 1. The molecule has 0 spiro atoms. The fourth-order valence-electron chi connectivity index (χ4n) is 1.09. The Kier molecular flexibility index (Phi) is 4.10. The lowest BCUT2D eigenvalue weighted by Crippen LogP contribution is -2.30. The third kappa shape index (κ3) is 3.12. The molecule has 0 aliphatic rings. The number of rotatable bonds is 4. The minimum atomic E-state index is -0.393. The first-order chi connectivity index (χ1) is 6.63. The number of halogens is 1. The van der Waals surface area contributed by atoms with Crippen LogP contribution in [0, 0.1) is 0 Å². The highest BCUT2D eigenvalue weighted by molar-refractivity contribution is 6.29. The van der Waals surface area contributed by atoms with Crippen molar-refractivity contribution in [3.8, 4) is 0 Å². The molecule has 0 aliphatic heterocycles. The lowest BCUT2D eigenvalue weighted by atomic mass is 10.1. The van der Waals surface area contributed by atoms with Gasteiger partial charge in [-0.2, -0.15) is 0 Å². The lowest BCUT2D eigenvalue weighted by Gasteiger charge is -2.18. The van der Waals surface area contributed by atoms with Gasteiger partial charge in [0.1, 0.15) is 11.0 Å². The lowest BCUT2D eigenvalue weighted by molar-refractivity contribution is 0.154. The van der Waals surface area contributed by atoms with Crippen LogP contribution in [-0.2, 0) is 0 Å². The van der Waals surface area contributed by atoms with E-state index in [0.717, 1.165) is 0 Å². The smallest absolute Gasteiger partial charge is 0.149 e. The van der Waals surface area contributed by atoms with E-state index in [0.29, 0.717) is 17.4 Å². The molecule has 0 amide bonds. The first-order valence-electron chi connectivity index (χ1n) is 4.55. The number of nitrogens with zero attached hydrogens (tertiary/aromatic N) is 2. The topological polar surface area (TPSA) is 58.0 Å². The zero-order valence-corrected chi connectivity index (χ0v) is 8.99. The van der Waals surface area contributed by atoms with E-state index >= 15 is 0 Å². The molecule has 0 radical (unpaired) electrons. The monoisotopic (exact) mass is 215 g/mol. The molecule has 1 aromatic rings. The maximum Gasteiger partial charge on any atom is 0.149 e. The Hall–Kier alpha value is -0.870. The summed E-state index contributed by atoms with van der Waals surface area (Å²) in [5.41, 5.74) is 0. The Balaban J connectivity index is 2.60. The Labute approximate surface area is 88.3 Å². The number of anilines is 1. The summed E-state index contributed by atoms with van der Waals surface area (Å²) in [5.74, 6) is 0.581. The van der Waals surface area contributed by atoms with Crippen molar-refractivity contribution in [3.05, 3.63) is 17.5 Å². The molecule has 1 heterocycles. The first kappa shape index (κ1) is 11.2. The van der Waals surface area contributed by atoms with Crippen molar-refractivity contribution in [2.75, 3.05) is 5.32 Å². The van der Waals surface area contributed by atoms with E-state index in [-0.39, 0.29) is 6.04 Å². The number of hydrogen-bond donors (Lipinski definition) is 2. The van der Waals surface area contributed by atoms with E-state index < -0.39 is 6.10 Å². The van der Waals surface area contributed by atoms with Crippen LogP contribution in [-0.4, -0.2) is 27.2 Å². The maximum absolute atomic E-state index is 9.51. The average molecular weight is 216 g/mol. The van der Waals surface area contributed by atoms with Gasteiger partial charge in [-0.15, -0.1) is 0 Å². The van der Waals surface area contributed by atoms with Crippen LogP contribution in [0.25, 0.3) is 0 Å². The predicted molar refractivity (Wildman–Crippen MR) is 56.4 cm³/mol. The van der Waals surface area contributed by atoms with Crippen molar-refractivity contribution >= 4 is 17.4 Å². The standard InChI is InChI=1S/C9H14ClN3O/c1-3-7(14)6(2)12-9-5-11-4-8(10)13-9/h4-7,14H,3H2,1-2H3,(H,12,13). The van der Waals surface area contributed by atoms with Crippen LogP contribution in [0.2, 0.25) is 5.15 Å². The first-order valence-corrected chi connectivity index (χ1v) is 4.93. The van der Waals surface area contributed by atoms with Gasteiger partial charge in [0.2, 0.25) is 0 Å². The van der Waals surface area contributed by atoms with Crippen molar-refractivity contribution in [2.45, 2.75) is 32.4 Å². The van der Waals surface area contributed by atoms with Crippen molar-refractivity contribution in [2.24, 2.45) is 0 Å². The summed E-state index contributed by atoms with van der Waals surface area (Å²) >= 11 is 5.67. The molecule has 0 aliphatic carbocycles. The minimum Gasteiger partial charge on any atom is -0.391 e. The second-order valence-electron chi connectivity index (χ2n) is 3.14. The van der Waals surface area contributed by atoms with Crippen LogP contribution in [0.5, 0.6) is 0 Å². The summed E-state index contributed by atoms with van der Waals surface area (Å²) in [4.78, 5) is 7.89. The number of aliphatic hydroxyl groups excluding tert-OH is 1. The second kappa shape index (κ2) is 5.12. The second-order valence-corrected chi connectivity index (χ2v) is 3.52. The van der Waals surface area contributed by atoms with Crippen molar-refractivity contribution in [1.29, 1.82) is 0 Å². The molecule has 0 fully saturated rings. The molecule has 5 heteroatoms. The predicted octanol–water partition coefficient (Wildman–Crippen LogP) is 1.70. The molecule has 0 saturated carbocycles. The summed E-state index contributed by atoms with van der Waals surface area (Å²) in [6, 6.07) is -0.0623. The van der Waals surface area contributed by atoms with Gasteiger partial charge in [-0.25, -0.2) is 4.98 Å². The van der Waals surface area contributed by atoms with Crippen LogP contribution < -0.4 is 5.32 Å². The molecule has 78 valence electrons. The zero-order valence-electron chi connectivity index (χ0n) is 8.24. The molecule has 1 rings (SSSR count). The Morgan fingerprint density at radius 1 is 1.57 bits per heavy atom. The highest BCUT2D eigenvalue weighted by atomic mass is 35.5. The molecule has 2 N–H and O–H groups in total. The van der Waals surface area contributed by atoms with Crippen molar-refractivity contribution < 1.29 is 5.11 Å². The number of hydrogen-bond acceptors (Lipinski definition) is 4. The van der Waals surface area contributed by atoms with Crippen LogP contribution in [0.15, 0.2) is 12.4 Å². The Morgan fingerprint density at radius 2 is 2.29 bits per heavy atom. The van der Waals surface area contributed by atoms with Gasteiger partial charge in [0.15, 0.2) is 0 Å². The van der Waals surface area contributed by atoms with Gasteiger partial charge in [0, 0.05) is 0 Å². The number of nitrogens with one attached hydrogen (secondary N) is 1. The van der Waals surface area contributed by atoms with Gasteiger partial charge in [0.25, 0.3) is 0 Å². The van der Waals surface area contributed by atoms with E-state index in [1.165, 1.54) is 6.20 Å². The molecule has 0 bridgehead atoms. The highest BCUT2D eigenvalue weighted by Crippen LogP contribution is 2.10. The van der Waals surface area contributed by atoms with Crippen LogP contribution in [0.1, 0.15) is 20.3 Å². The summed E-state index contributed by atoms with van der Waals surface area (Å²) in [7, 11) is 0. The zero-order chi connectivity index (χ0) is 10.6. The van der Waals surface area contributed by atoms with Crippen molar-refractivity contribution in [1.82, 2.24) is 9.97 Å². The number of aromatic nitrogens is 2. The van der Waals surface area contributed by atoms with Gasteiger partial charge in [-0.05, 0) is 13.3 Å². The van der Waals surface area contributed by atoms with E-state index in [2.05, 4.69) is 15.3 Å². The Morgan fingerprint density at radius 3 is 2.86 bits per heavy atom. The molecule has 4 nitrogen and oxygen atoms in total.